The first-order valence-electron chi connectivity index (χ1n) is 7.06. The van der Waals surface area contributed by atoms with Crippen molar-refractivity contribution >= 4 is 0 Å². The topological polar surface area (TPSA) is 0 Å². The average Bonchev–Trinajstić information content (AvgIpc) is 2.50. The molecule has 3 rings (SSSR count). The summed E-state index contributed by atoms with van der Waals surface area (Å²) in [5.74, 6) is 0. The zero-order valence-electron chi connectivity index (χ0n) is 11.5. The molecule has 0 bridgehead atoms. The summed E-state index contributed by atoms with van der Waals surface area (Å²) < 4.78 is 0. The van der Waals surface area contributed by atoms with Crippen molar-refractivity contribution in [3.8, 4) is 0 Å². The van der Waals surface area contributed by atoms with E-state index in [9.17, 15) is 0 Å². The zero-order valence-corrected chi connectivity index (χ0v) is 11.5. The van der Waals surface area contributed by atoms with Crippen LogP contribution in [0.1, 0.15) is 22.3 Å². The van der Waals surface area contributed by atoms with Gasteiger partial charge in [0.05, 0.1) is 0 Å². The summed E-state index contributed by atoms with van der Waals surface area (Å²) in [6, 6.07) is 30.2. The Morgan fingerprint density at radius 2 is 0.800 bits per heavy atom. The second kappa shape index (κ2) is 6.21. The summed E-state index contributed by atoms with van der Waals surface area (Å²) in [7, 11) is 0. The van der Waals surface area contributed by atoms with Crippen molar-refractivity contribution in [1.82, 2.24) is 0 Å². The molecule has 3 aromatic carbocycles. The first-order chi connectivity index (χ1) is 9.90. The number of benzene rings is 3. The molecule has 0 aliphatic rings. The van der Waals surface area contributed by atoms with Gasteiger partial charge < -0.3 is 0 Å². The molecule has 0 spiro atoms. The standard InChI is InChI=1S/C20H18/c1-3-8-17(9-4-1)14-19-12-7-13-20(16-19)15-18-10-5-2-6-11-18/h1-13,16H,14-15H2. The first-order valence-corrected chi connectivity index (χ1v) is 7.06. The smallest absolute Gasteiger partial charge is 0.00257 e. The Hall–Kier alpha value is -2.34. The summed E-state index contributed by atoms with van der Waals surface area (Å²) in [5.41, 5.74) is 5.49. The van der Waals surface area contributed by atoms with Gasteiger partial charge in [0.2, 0.25) is 0 Å². The van der Waals surface area contributed by atoms with Crippen LogP contribution in [0.3, 0.4) is 0 Å². The largest absolute Gasteiger partial charge is 0.0622 e. The van der Waals surface area contributed by atoms with E-state index in [1.807, 2.05) is 0 Å². The fourth-order valence-electron chi connectivity index (χ4n) is 2.51. The fraction of sp³-hybridized carbons (Fsp3) is 0.100. The molecule has 0 N–H and O–H groups in total. The van der Waals surface area contributed by atoms with Gasteiger partial charge in [0, 0.05) is 0 Å². The van der Waals surface area contributed by atoms with Crippen LogP contribution in [-0.2, 0) is 12.8 Å². The normalized spacial score (nSPS) is 10.4. The van der Waals surface area contributed by atoms with Crippen molar-refractivity contribution in [3.05, 3.63) is 107 Å². The molecule has 3 aromatic rings. The van der Waals surface area contributed by atoms with Crippen molar-refractivity contribution in [2.75, 3.05) is 0 Å². The molecule has 0 aliphatic heterocycles. The third-order valence-electron chi connectivity index (χ3n) is 3.49. The molecule has 0 aromatic heterocycles. The Bertz CT molecular complexity index is 597. The Morgan fingerprint density at radius 3 is 1.25 bits per heavy atom. The van der Waals surface area contributed by atoms with Gasteiger partial charge >= 0.3 is 0 Å². The minimum absolute atomic E-state index is 1.00. The molecule has 0 saturated heterocycles. The number of hydrogen-bond acceptors (Lipinski definition) is 0. The lowest BCUT2D eigenvalue weighted by Crippen LogP contribution is -1.92. The lowest BCUT2D eigenvalue weighted by Gasteiger charge is -2.06. The lowest BCUT2D eigenvalue weighted by molar-refractivity contribution is 1.14. The lowest BCUT2D eigenvalue weighted by atomic mass is 9.99. The SMILES string of the molecule is c1ccc(Cc2cccc(Cc3ccccc3)c2)cc1. The molecule has 0 heteroatoms. The van der Waals surface area contributed by atoms with Crippen LogP contribution in [0.2, 0.25) is 0 Å². The van der Waals surface area contributed by atoms with Gasteiger partial charge in [-0.1, -0.05) is 84.9 Å². The monoisotopic (exact) mass is 258 g/mol. The quantitative estimate of drug-likeness (QED) is 0.626. The molecular formula is C20H18. The minimum atomic E-state index is 1.00. The van der Waals surface area contributed by atoms with E-state index in [0.717, 1.165) is 12.8 Å². The molecule has 0 amide bonds. The van der Waals surface area contributed by atoms with Gasteiger partial charge in [0.1, 0.15) is 0 Å². The van der Waals surface area contributed by atoms with E-state index >= 15 is 0 Å². The van der Waals surface area contributed by atoms with Gasteiger partial charge in [-0.2, -0.15) is 0 Å². The molecule has 0 unspecified atom stereocenters. The number of hydrogen-bond donors (Lipinski definition) is 0. The number of rotatable bonds is 4. The maximum absolute atomic E-state index is 2.32. The van der Waals surface area contributed by atoms with Crippen LogP contribution in [0.15, 0.2) is 84.9 Å². The summed E-state index contributed by atoms with van der Waals surface area (Å²) in [4.78, 5) is 0. The van der Waals surface area contributed by atoms with Gasteiger partial charge in [-0.25, -0.2) is 0 Å². The van der Waals surface area contributed by atoms with E-state index < -0.39 is 0 Å². The predicted molar refractivity (Wildman–Crippen MR) is 84.9 cm³/mol. The van der Waals surface area contributed by atoms with Crippen LogP contribution in [0.5, 0.6) is 0 Å². The van der Waals surface area contributed by atoms with E-state index in [1.165, 1.54) is 22.3 Å². The van der Waals surface area contributed by atoms with Gasteiger partial charge in [-0.05, 0) is 35.1 Å². The van der Waals surface area contributed by atoms with E-state index in [1.54, 1.807) is 0 Å². The Kier molecular flexibility index (Phi) is 3.93. The summed E-state index contributed by atoms with van der Waals surface area (Å²) in [5, 5.41) is 0. The highest BCUT2D eigenvalue weighted by atomic mass is 14.0. The maximum Gasteiger partial charge on any atom is -0.00257 e. The summed E-state index contributed by atoms with van der Waals surface area (Å²) >= 11 is 0. The van der Waals surface area contributed by atoms with Gasteiger partial charge in [0.15, 0.2) is 0 Å². The van der Waals surface area contributed by atoms with E-state index in [4.69, 9.17) is 0 Å². The summed E-state index contributed by atoms with van der Waals surface area (Å²) in [6.45, 7) is 0. The van der Waals surface area contributed by atoms with Crippen LogP contribution in [0.25, 0.3) is 0 Å². The van der Waals surface area contributed by atoms with Crippen LogP contribution >= 0.6 is 0 Å². The molecule has 0 radical (unpaired) electrons. The maximum atomic E-state index is 2.32. The Labute approximate surface area is 120 Å². The molecule has 98 valence electrons. The second-order valence-electron chi connectivity index (χ2n) is 5.14. The minimum Gasteiger partial charge on any atom is -0.0622 e. The second-order valence-corrected chi connectivity index (χ2v) is 5.14. The van der Waals surface area contributed by atoms with Crippen LogP contribution in [0.4, 0.5) is 0 Å². The molecule has 20 heavy (non-hydrogen) atoms. The average molecular weight is 258 g/mol. The molecule has 0 fully saturated rings. The highest BCUT2D eigenvalue weighted by molar-refractivity contribution is 5.32. The predicted octanol–water partition coefficient (Wildman–Crippen LogP) is 4.87. The van der Waals surface area contributed by atoms with Gasteiger partial charge in [-0.3, -0.25) is 0 Å². The molecule has 0 saturated carbocycles. The molecule has 0 heterocycles. The third-order valence-corrected chi connectivity index (χ3v) is 3.49. The van der Waals surface area contributed by atoms with Crippen LogP contribution in [0, 0.1) is 0 Å². The Morgan fingerprint density at radius 1 is 0.400 bits per heavy atom. The molecular weight excluding hydrogens is 240 g/mol. The summed E-state index contributed by atoms with van der Waals surface area (Å²) in [6.07, 6.45) is 2.01. The third kappa shape index (κ3) is 3.36. The zero-order chi connectivity index (χ0) is 13.6. The Balaban J connectivity index is 1.76. The van der Waals surface area contributed by atoms with E-state index in [0.29, 0.717) is 0 Å². The van der Waals surface area contributed by atoms with Crippen molar-refractivity contribution in [1.29, 1.82) is 0 Å². The molecule has 0 nitrogen and oxygen atoms in total. The first kappa shape index (κ1) is 12.7. The molecule has 0 aliphatic carbocycles. The van der Waals surface area contributed by atoms with Crippen molar-refractivity contribution in [3.63, 3.8) is 0 Å². The van der Waals surface area contributed by atoms with Crippen molar-refractivity contribution in [2.24, 2.45) is 0 Å². The van der Waals surface area contributed by atoms with Gasteiger partial charge in [0.25, 0.3) is 0 Å². The molecule has 0 atom stereocenters. The van der Waals surface area contributed by atoms with Crippen LogP contribution < -0.4 is 0 Å². The van der Waals surface area contributed by atoms with Crippen LogP contribution in [-0.4, -0.2) is 0 Å². The highest BCUT2D eigenvalue weighted by Crippen LogP contribution is 2.14. The van der Waals surface area contributed by atoms with E-state index in [2.05, 4.69) is 84.9 Å². The van der Waals surface area contributed by atoms with Crippen molar-refractivity contribution < 1.29 is 0 Å². The fourth-order valence-corrected chi connectivity index (χ4v) is 2.51. The van der Waals surface area contributed by atoms with Gasteiger partial charge in [-0.15, -0.1) is 0 Å². The highest BCUT2D eigenvalue weighted by Gasteiger charge is 1.99. The van der Waals surface area contributed by atoms with E-state index in [-0.39, 0.29) is 0 Å². The van der Waals surface area contributed by atoms with Crippen molar-refractivity contribution in [2.45, 2.75) is 12.8 Å².